The Morgan fingerprint density at radius 3 is 2.71 bits per heavy atom. The molecule has 0 bridgehead atoms. The van der Waals surface area contributed by atoms with Gasteiger partial charge in [-0.05, 0) is 36.9 Å². The first-order chi connectivity index (χ1) is 6.57. The maximum Gasteiger partial charge on any atom is 0.144 e. The lowest BCUT2D eigenvalue weighted by Crippen LogP contribution is -2.05. The molecule has 1 nitrogen and oxygen atoms in total. The van der Waals surface area contributed by atoms with Gasteiger partial charge >= 0.3 is 0 Å². The van der Waals surface area contributed by atoms with E-state index in [1.54, 1.807) is 13.0 Å². The van der Waals surface area contributed by atoms with Gasteiger partial charge in [-0.15, -0.1) is 0 Å². The number of nitrogens with two attached hydrogens (primary N) is 1. The van der Waals surface area contributed by atoms with Crippen molar-refractivity contribution >= 4 is 11.6 Å². The van der Waals surface area contributed by atoms with E-state index in [-0.39, 0.29) is 16.8 Å². The lowest BCUT2D eigenvalue weighted by molar-refractivity contribution is 0.609. The first-order valence-corrected chi connectivity index (χ1v) is 5.10. The predicted octanol–water partition coefficient (Wildman–Crippen LogP) is 3.24. The summed E-state index contributed by atoms with van der Waals surface area (Å²) in [5.74, 6) is -0.101. The Kier molecular flexibility index (Phi) is 3.90. The van der Waals surface area contributed by atoms with Crippen molar-refractivity contribution in [2.75, 3.05) is 6.54 Å². The van der Waals surface area contributed by atoms with Crippen molar-refractivity contribution in [3.8, 4) is 0 Å². The van der Waals surface area contributed by atoms with Gasteiger partial charge in [-0.25, -0.2) is 4.39 Å². The Morgan fingerprint density at radius 2 is 2.14 bits per heavy atom. The molecule has 1 rings (SSSR count). The number of rotatable bonds is 3. The summed E-state index contributed by atoms with van der Waals surface area (Å²) < 4.78 is 13.4. The van der Waals surface area contributed by atoms with Crippen LogP contribution in [0, 0.1) is 12.7 Å². The number of hydrogen-bond donors (Lipinski definition) is 1. The van der Waals surface area contributed by atoms with Gasteiger partial charge in [0.2, 0.25) is 0 Å². The molecule has 1 unspecified atom stereocenters. The third-order valence-corrected chi connectivity index (χ3v) is 2.82. The molecule has 0 spiro atoms. The van der Waals surface area contributed by atoms with Crippen LogP contribution in [-0.4, -0.2) is 6.54 Å². The van der Waals surface area contributed by atoms with Gasteiger partial charge in [0.15, 0.2) is 0 Å². The van der Waals surface area contributed by atoms with Crippen molar-refractivity contribution < 1.29 is 4.39 Å². The lowest BCUT2D eigenvalue weighted by atomic mass is 9.96. The molecule has 0 aliphatic rings. The van der Waals surface area contributed by atoms with E-state index < -0.39 is 0 Å². The van der Waals surface area contributed by atoms with E-state index in [1.807, 2.05) is 13.0 Å². The van der Waals surface area contributed by atoms with Crippen molar-refractivity contribution in [2.45, 2.75) is 26.2 Å². The second-order valence-electron chi connectivity index (χ2n) is 3.58. The summed E-state index contributed by atoms with van der Waals surface area (Å²) in [7, 11) is 0. The van der Waals surface area contributed by atoms with Crippen LogP contribution >= 0.6 is 11.6 Å². The van der Waals surface area contributed by atoms with Gasteiger partial charge in [-0.3, -0.25) is 0 Å². The monoisotopic (exact) mass is 215 g/mol. The van der Waals surface area contributed by atoms with Gasteiger partial charge in [0.25, 0.3) is 0 Å². The summed E-state index contributed by atoms with van der Waals surface area (Å²) in [5, 5.41) is 0.242. The maximum atomic E-state index is 13.4. The molecule has 3 heteroatoms. The molecule has 14 heavy (non-hydrogen) atoms. The van der Waals surface area contributed by atoms with Crippen LogP contribution in [0.2, 0.25) is 5.02 Å². The Labute approximate surface area is 89.1 Å². The van der Waals surface area contributed by atoms with Crippen LogP contribution in [0.25, 0.3) is 0 Å². The Hall–Kier alpha value is -0.600. The van der Waals surface area contributed by atoms with Crippen LogP contribution in [0.3, 0.4) is 0 Å². The molecule has 0 aliphatic carbocycles. The normalized spacial score (nSPS) is 12.9. The highest BCUT2D eigenvalue weighted by atomic mass is 35.5. The molecule has 0 saturated heterocycles. The van der Waals surface area contributed by atoms with Crippen LogP contribution in [-0.2, 0) is 0 Å². The molecule has 0 aromatic heterocycles. The smallest absolute Gasteiger partial charge is 0.144 e. The fraction of sp³-hybridized carbons (Fsp3) is 0.455. The van der Waals surface area contributed by atoms with Crippen LogP contribution in [0.15, 0.2) is 12.1 Å². The zero-order valence-corrected chi connectivity index (χ0v) is 9.24. The van der Waals surface area contributed by atoms with Crippen LogP contribution in [0.4, 0.5) is 4.39 Å². The van der Waals surface area contributed by atoms with Crippen molar-refractivity contribution in [3.63, 3.8) is 0 Å². The highest BCUT2D eigenvalue weighted by molar-refractivity contribution is 6.31. The van der Waals surface area contributed by atoms with E-state index in [9.17, 15) is 4.39 Å². The molecule has 0 fully saturated rings. The summed E-state index contributed by atoms with van der Waals surface area (Å²) in [4.78, 5) is 0. The SMILES string of the molecule is Cc1ccc(C(C)CCN)c(Cl)c1F. The van der Waals surface area contributed by atoms with Crippen molar-refractivity contribution in [2.24, 2.45) is 5.73 Å². The first-order valence-electron chi connectivity index (χ1n) is 4.72. The molecule has 0 saturated carbocycles. The van der Waals surface area contributed by atoms with Gasteiger partial charge in [0.1, 0.15) is 5.82 Å². The minimum atomic E-state index is -0.312. The fourth-order valence-electron chi connectivity index (χ4n) is 1.45. The fourth-order valence-corrected chi connectivity index (χ4v) is 1.85. The highest BCUT2D eigenvalue weighted by Crippen LogP contribution is 2.30. The molecule has 78 valence electrons. The van der Waals surface area contributed by atoms with Gasteiger partial charge in [0.05, 0.1) is 5.02 Å². The highest BCUT2D eigenvalue weighted by Gasteiger charge is 2.13. The molecular weight excluding hydrogens is 201 g/mol. The van der Waals surface area contributed by atoms with E-state index in [2.05, 4.69) is 0 Å². The third kappa shape index (κ3) is 2.25. The predicted molar refractivity (Wildman–Crippen MR) is 58.2 cm³/mol. The summed E-state index contributed by atoms with van der Waals surface area (Å²) in [6.07, 6.45) is 0.822. The van der Waals surface area contributed by atoms with E-state index >= 15 is 0 Å². The van der Waals surface area contributed by atoms with Gasteiger partial charge < -0.3 is 5.73 Å². The standard InChI is InChI=1S/C11H15ClFN/c1-7(5-6-14)9-4-3-8(2)11(13)10(9)12/h3-4,7H,5-6,14H2,1-2H3. The second-order valence-corrected chi connectivity index (χ2v) is 3.96. The lowest BCUT2D eigenvalue weighted by Gasteiger charge is -2.13. The van der Waals surface area contributed by atoms with Crippen molar-refractivity contribution in [3.05, 3.63) is 34.1 Å². The largest absolute Gasteiger partial charge is 0.330 e. The van der Waals surface area contributed by atoms with Gasteiger partial charge in [-0.1, -0.05) is 30.7 Å². The second kappa shape index (κ2) is 4.76. The average Bonchev–Trinajstić information content (AvgIpc) is 2.15. The van der Waals surface area contributed by atoms with Gasteiger partial charge in [0, 0.05) is 0 Å². The molecule has 0 amide bonds. The molecular formula is C11H15ClFN. The first kappa shape index (κ1) is 11.5. The third-order valence-electron chi connectivity index (χ3n) is 2.44. The Bertz CT molecular complexity index is 325. The molecule has 1 aromatic rings. The zero-order chi connectivity index (χ0) is 10.7. The van der Waals surface area contributed by atoms with E-state index in [0.717, 1.165) is 12.0 Å². The topological polar surface area (TPSA) is 26.0 Å². The van der Waals surface area contributed by atoms with E-state index in [4.69, 9.17) is 17.3 Å². The number of benzene rings is 1. The molecule has 0 radical (unpaired) electrons. The van der Waals surface area contributed by atoms with Crippen LogP contribution < -0.4 is 5.73 Å². The zero-order valence-electron chi connectivity index (χ0n) is 8.48. The quantitative estimate of drug-likeness (QED) is 0.823. The summed E-state index contributed by atoms with van der Waals surface area (Å²) in [5.41, 5.74) is 6.88. The molecule has 2 N–H and O–H groups in total. The van der Waals surface area contributed by atoms with Gasteiger partial charge in [-0.2, -0.15) is 0 Å². The Morgan fingerprint density at radius 1 is 1.50 bits per heavy atom. The minimum absolute atomic E-state index is 0.211. The maximum absolute atomic E-state index is 13.4. The number of aryl methyl sites for hydroxylation is 1. The number of hydrogen-bond acceptors (Lipinski definition) is 1. The summed E-state index contributed by atoms with van der Waals surface area (Å²) in [6, 6.07) is 3.63. The van der Waals surface area contributed by atoms with Crippen molar-refractivity contribution in [1.82, 2.24) is 0 Å². The van der Waals surface area contributed by atoms with E-state index in [1.165, 1.54) is 0 Å². The van der Waals surface area contributed by atoms with Crippen LogP contribution in [0.5, 0.6) is 0 Å². The summed E-state index contributed by atoms with van der Waals surface area (Å²) >= 11 is 5.91. The minimum Gasteiger partial charge on any atom is -0.330 e. The Balaban J connectivity index is 3.04. The average molecular weight is 216 g/mol. The molecule has 0 aliphatic heterocycles. The van der Waals surface area contributed by atoms with Crippen molar-refractivity contribution in [1.29, 1.82) is 0 Å². The molecule has 1 atom stereocenters. The van der Waals surface area contributed by atoms with E-state index in [0.29, 0.717) is 12.1 Å². The van der Waals surface area contributed by atoms with Crippen LogP contribution in [0.1, 0.15) is 30.4 Å². The summed E-state index contributed by atoms with van der Waals surface area (Å²) in [6.45, 7) is 4.30. The molecule has 0 heterocycles. The molecule has 1 aromatic carbocycles. The number of halogens is 2.